The zero-order valence-corrected chi connectivity index (χ0v) is 17.0. The minimum absolute atomic E-state index is 0.0747. The van der Waals surface area contributed by atoms with E-state index in [1.165, 1.54) is 0 Å². The van der Waals surface area contributed by atoms with E-state index in [0.717, 1.165) is 30.4 Å². The highest BCUT2D eigenvalue weighted by Gasteiger charge is 2.26. The lowest BCUT2D eigenvalue weighted by Gasteiger charge is -2.28. The van der Waals surface area contributed by atoms with Crippen molar-refractivity contribution in [3.8, 4) is 0 Å². The van der Waals surface area contributed by atoms with Crippen LogP contribution in [-0.4, -0.2) is 36.6 Å². The molecule has 0 unspecified atom stereocenters. The molecule has 4 N–H and O–H groups in total. The molecule has 0 spiro atoms. The number of anilines is 1. The van der Waals surface area contributed by atoms with Gasteiger partial charge in [-0.1, -0.05) is 18.2 Å². The van der Waals surface area contributed by atoms with E-state index in [9.17, 15) is 13.5 Å². The quantitative estimate of drug-likeness (QED) is 0.486. The Morgan fingerprint density at radius 1 is 1.21 bits per heavy atom. The van der Waals surface area contributed by atoms with Crippen LogP contribution in [0.1, 0.15) is 43.9 Å². The summed E-state index contributed by atoms with van der Waals surface area (Å²) >= 11 is 0. The molecule has 3 rings (SSSR count). The molecule has 152 valence electrons. The fourth-order valence-corrected chi connectivity index (χ4v) is 4.11. The van der Waals surface area contributed by atoms with E-state index in [1.54, 1.807) is 30.6 Å². The SMILES string of the molecule is CC(C)(Cc1ccc(NS(=O)(=O)NC2CC2)cc1)NC[C@H](O)c1cccnc1. The van der Waals surface area contributed by atoms with Gasteiger partial charge in [0.1, 0.15) is 0 Å². The number of aliphatic hydroxyl groups is 1. The van der Waals surface area contributed by atoms with Gasteiger partial charge in [0.2, 0.25) is 0 Å². The van der Waals surface area contributed by atoms with Gasteiger partial charge in [-0.3, -0.25) is 9.71 Å². The van der Waals surface area contributed by atoms with Crippen LogP contribution in [0.4, 0.5) is 5.69 Å². The summed E-state index contributed by atoms with van der Waals surface area (Å²) in [5, 5.41) is 13.7. The zero-order valence-electron chi connectivity index (χ0n) is 16.2. The molecule has 1 aliphatic rings. The van der Waals surface area contributed by atoms with Crippen molar-refractivity contribution in [3.05, 3.63) is 59.9 Å². The third kappa shape index (κ3) is 6.56. The molecule has 1 aromatic carbocycles. The second-order valence-corrected chi connectivity index (χ2v) is 9.38. The number of nitrogens with zero attached hydrogens (tertiary/aromatic N) is 1. The predicted molar refractivity (Wildman–Crippen MR) is 110 cm³/mol. The molecule has 1 fully saturated rings. The molecule has 0 aliphatic heterocycles. The first-order valence-electron chi connectivity index (χ1n) is 9.44. The monoisotopic (exact) mass is 404 g/mol. The Hall–Kier alpha value is -2.00. The maximum Gasteiger partial charge on any atom is 0.299 e. The van der Waals surface area contributed by atoms with Crippen molar-refractivity contribution in [1.82, 2.24) is 15.0 Å². The molecule has 0 saturated heterocycles. The van der Waals surface area contributed by atoms with E-state index in [4.69, 9.17) is 0 Å². The summed E-state index contributed by atoms with van der Waals surface area (Å²) in [6.45, 7) is 4.56. The molecule has 0 amide bonds. The van der Waals surface area contributed by atoms with Gasteiger partial charge in [-0.2, -0.15) is 13.1 Å². The second kappa shape index (κ2) is 8.57. The van der Waals surface area contributed by atoms with Gasteiger partial charge in [0.15, 0.2) is 0 Å². The normalized spacial score (nSPS) is 16.0. The Balaban J connectivity index is 1.52. The Labute approximate surface area is 166 Å². The standard InChI is InChI=1S/C20H28N4O3S/c1-20(2,22-14-19(25)16-4-3-11-21-13-16)12-15-5-7-17(8-6-15)23-28(26,27)24-18-9-10-18/h3-8,11,13,18-19,22-25H,9-10,12,14H2,1-2H3/t19-/m0/s1. The molecule has 2 aromatic rings. The summed E-state index contributed by atoms with van der Waals surface area (Å²) in [4.78, 5) is 4.03. The first-order valence-corrected chi connectivity index (χ1v) is 10.9. The summed E-state index contributed by atoms with van der Waals surface area (Å²) in [6, 6.07) is 11.1. The molecular formula is C20H28N4O3S. The fourth-order valence-electron chi connectivity index (χ4n) is 2.93. The number of rotatable bonds is 10. The second-order valence-electron chi connectivity index (χ2n) is 7.94. The minimum Gasteiger partial charge on any atom is -0.387 e. The van der Waals surface area contributed by atoms with Crippen LogP contribution in [0.2, 0.25) is 0 Å². The number of pyridine rings is 1. The number of aromatic nitrogens is 1. The van der Waals surface area contributed by atoms with Gasteiger partial charge in [0.05, 0.1) is 6.10 Å². The Bertz CT molecular complexity index is 866. The van der Waals surface area contributed by atoms with Crippen molar-refractivity contribution in [2.45, 2.75) is 50.8 Å². The summed E-state index contributed by atoms with van der Waals surface area (Å²) in [5.41, 5.74) is 2.15. The van der Waals surface area contributed by atoms with Crippen LogP contribution in [0.25, 0.3) is 0 Å². The molecule has 1 saturated carbocycles. The maximum atomic E-state index is 12.0. The van der Waals surface area contributed by atoms with Crippen LogP contribution in [0.15, 0.2) is 48.8 Å². The van der Waals surface area contributed by atoms with E-state index in [2.05, 4.69) is 33.6 Å². The largest absolute Gasteiger partial charge is 0.387 e. The lowest BCUT2D eigenvalue weighted by molar-refractivity contribution is 0.160. The molecule has 8 heteroatoms. The first kappa shape index (κ1) is 20.7. The van der Waals surface area contributed by atoms with Crippen molar-refractivity contribution >= 4 is 15.9 Å². The van der Waals surface area contributed by atoms with Gasteiger partial charge in [-0.05, 0) is 56.9 Å². The van der Waals surface area contributed by atoms with Gasteiger partial charge < -0.3 is 10.4 Å². The van der Waals surface area contributed by atoms with Crippen LogP contribution in [0.3, 0.4) is 0 Å². The van der Waals surface area contributed by atoms with Crippen LogP contribution in [0, 0.1) is 0 Å². The first-order chi connectivity index (χ1) is 13.2. The zero-order chi connectivity index (χ0) is 20.2. The van der Waals surface area contributed by atoms with Crippen LogP contribution < -0.4 is 14.8 Å². The highest BCUT2D eigenvalue weighted by molar-refractivity contribution is 7.90. The Morgan fingerprint density at radius 3 is 2.54 bits per heavy atom. The van der Waals surface area contributed by atoms with Gasteiger partial charge in [-0.15, -0.1) is 0 Å². The van der Waals surface area contributed by atoms with Crippen LogP contribution >= 0.6 is 0 Å². The third-order valence-electron chi connectivity index (χ3n) is 4.59. The van der Waals surface area contributed by atoms with Crippen molar-refractivity contribution in [3.63, 3.8) is 0 Å². The molecular weight excluding hydrogens is 376 g/mol. The molecule has 0 radical (unpaired) electrons. The van der Waals surface area contributed by atoms with Crippen molar-refractivity contribution in [1.29, 1.82) is 0 Å². The Kier molecular flexibility index (Phi) is 6.34. The Morgan fingerprint density at radius 2 is 1.93 bits per heavy atom. The van der Waals surface area contributed by atoms with Crippen LogP contribution in [-0.2, 0) is 16.6 Å². The number of hydrogen-bond acceptors (Lipinski definition) is 5. The van der Waals surface area contributed by atoms with Crippen molar-refractivity contribution < 1.29 is 13.5 Å². The number of benzene rings is 1. The van der Waals surface area contributed by atoms with Gasteiger partial charge >= 0.3 is 0 Å². The average Bonchev–Trinajstić information content (AvgIpc) is 3.45. The molecule has 1 aromatic heterocycles. The van der Waals surface area contributed by atoms with Gasteiger partial charge in [-0.25, -0.2) is 0 Å². The summed E-state index contributed by atoms with van der Waals surface area (Å²) in [5.74, 6) is 0. The molecule has 1 atom stereocenters. The molecule has 0 bridgehead atoms. The lowest BCUT2D eigenvalue weighted by atomic mass is 9.94. The molecule has 7 nitrogen and oxygen atoms in total. The smallest absolute Gasteiger partial charge is 0.299 e. The van der Waals surface area contributed by atoms with E-state index >= 15 is 0 Å². The summed E-state index contributed by atoms with van der Waals surface area (Å²) < 4.78 is 29.1. The number of β-amino-alcohol motifs (C(OH)–C–C–N with tert-alkyl or cyclic N) is 1. The highest BCUT2D eigenvalue weighted by atomic mass is 32.2. The lowest BCUT2D eigenvalue weighted by Crippen LogP contribution is -2.43. The summed E-state index contributed by atoms with van der Waals surface area (Å²) in [7, 11) is -3.51. The van der Waals surface area contributed by atoms with E-state index in [-0.39, 0.29) is 11.6 Å². The molecule has 1 heterocycles. The van der Waals surface area contributed by atoms with Gasteiger partial charge in [0.25, 0.3) is 10.2 Å². The van der Waals surface area contributed by atoms with Crippen molar-refractivity contribution in [2.75, 3.05) is 11.3 Å². The van der Waals surface area contributed by atoms with Crippen molar-refractivity contribution in [2.24, 2.45) is 0 Å². The predicted octanol–water partition coefficient (Wildman–Crippen LogP) is 2.13. The molecule has 1 aliphatic carbocycles. The number of aliphatic hydroxyl groups excluding tert-OH is 1. The summed E-state index contributed by atoms with van der Waals surface area (Å²) in [6.07, 6.45) is 5.26. The van der Waals surface area contributed by atoms with Crippen LogP contribution in [0.5, 0.6) is 0 Å². The average molecular weight is 405 g/mol. The molecule has 28 heavy (non-hydrogen) atoms. The highest BCUT2D eigenvalue weighted by Crippen LogP contribution is 2.21. The minimum atomic E-state index is -3.51. The van der Waals surface area contributed by atoms with E-state index in [0.29, 0.717) is 12.2 Å². The topological polar surface area (TPSA) is 103 Å². The van der Waals surface area contributed by atoms with E-state index in [1.807, 2.05) is 18.2 Å². The maximum absolute atomic E-state index is 12.0. The van der Waals surface area contributed by atoms with E-state index < -0.39 is 16.3 Å². The number of hydrogen-bond donors (Lipinski definition) is 4. The van der Waals surface area contributed by atoms with Gasteiger partial charge in [0, 0.05) is 41.8 Å². The fraction of sp³-hybridized carbons (Fsp3) is 0.450. The third-order valence-corrected chi connectivity index (χ3v) is 5.74. The number of nitrogens with one attached hydrogen (secondary N) is 3.